The van der Waals surface area contributed by atoms with Gasteiger partial charge in [-0.2, -0.15) is 0 Å². The molecule has 0 aliphatic rings. The molecule has 0 saturated carbocycles. The van der Waals surface area contributed by atoms with Crippen molar-refractivity contribution in [2.45, 2.75) is 59.9 Å². The zero-order chi connectivity index (χ0) is 39.5. The lowest BCUT2D eigenvalue weighted by molar-refractivity contribution is 0.382. The van der Waals surface area contributed by atoms with Crippen molar-refractivity contribution in [3.8, 4) is 0 Å². The summed E-state index contributed by atoms with van der Waals surface area (Å²) in [5.74, 6) is 0. The van der Waals surface area contributed by atoms with Crippen molar-refractivity contribution in [2.24, 2.45) is 0 Å². The minimum Gasteiger partial charge on any atom is -0.247 e. The number of nitrogens with zero attached hydrogens (tertiary/aromatic N) is 3. The molecule has 1 heterocycles. The van der Waals surface area contributed by atoms with E-state index >= 15 is 0 Å². The number of halogens is 24. The number of alkyl halides is 24. The van der Waals surface area contributed by atoms with Gasteiger partial charge in [0.2, 0.25) is 0 Å². The largest absolute Gasteiger partial charge is 0.340 e. The van der Waals surface area contributed by atoms with Crippen LogP contribution in [0.1, 0.15) is 20.8 Å². The summed E-state index contributed by atoms with van der Waals surface area (Å²) in [6, 6.07) is 0. The lowest BCUT2D eigenvalue weighted by atomic mass is 10.2. The van der Waals surface area contributed by atoms with Gasteiger partial charge >= 0.3 is 17.1 Å². The Morgan fingerprint density at radius 2 is 0.417 bits per heavy atom. The smallest absolute Gasteiger partial charge is 0.247 e. The maximum absolute atomic E-state index is 14.9. The zero-order valence-electron chi connectivity index (χ0n) is 22.1. The Morgan fingerprint density at radius 1 is 0.292 bits per heavy atom. The van der Waals surface area contributed by atoms with Crippen LogP contribution in [0.15, 0.2) is 14.4 Å². The van der Waals surface area contributed by atoms with E-state index in [2.05, 4.69) is 382 Å². The normalized spacial score (nSPS) is 16.1. The molecule has 0 radical (unpaired) electrons. The number of hydrogen-bond acceptors (Lipinski definition) is 3. The molecule has 0 fully saturated rings. The summed E-state index contributed by atoms with van der Waals surface area (Å²) in [7, 11) is 0. The highest BCUT2D eigenvalue weighted by atomic mass is 80.0. The van der Waals surface area contributed by atoms with E-state index in [9.17, 15) is 14.4 Å². The standard InChI is InChI=1S/C18H9Br24N3O3/c1-7(19,20)10(25,26)13(31,32)16(37,38)43-4(46)44(17(39,40)14(33,34)11(27,28)8(2,21)22)6(48)45(5(43)47)18(41,42)15(35,36)12(29,30)9(3,23)24/h1-3H3. The SMILES string of the molecule is CC(Br)(Br)C(Br)(Br)C(Br)(Br)C(Br)(Br)n1c(=O)n(C(Br)(Br)C(Br)(Br)C(Br)(Br)C(C)(Br)Br)c(=O)n(C(Br)(Br)C(Br)(Br)C(Br)(Br)C(C)(Br)Br)c1=O. The van der Waals surface area contributed by atoms with E-state index in [-0.39, 0.29) is 0 Å². The first kappa shape index (κ1) is 55.9. The van der Waals surface area contributed by atoms with E-state index < -0.39 is 56.2 Å². The van der Waals surface area contributed by atoms with Crippen LogP contribution in [0.25, 0.3) is 0 Å². The molecule has 0 atom stereocenters. The first-order valence-corrected chi connectivity index (χ1v) is 29.9. The van der Waals surface area contributed by atoms with Crippen LogP contribution in [-0.4, -0.2) is 42.8 Å². The van der Waals surface area contributed by atoms with Crippen molar-refractivity contribution in [1.29, 1.82) is 0 Å². The average molecular weight is 2230 g/mol. The van der Waals surface area contributed by atoms with Crippen LogP contribution in [0.3, 0.4) is 0 Å². The van der Waals surface area contributed by atoms with Crippen LogP contribution >= 0.6 is 382 Å². The summed E-state index contributed by atoms with van der Waals surface area (Å²) >= 11 is 87.0. The van der Waals surface area contributed by atoms with E-state index in [0.717, 1.165) is 13.7 Å². The van der Waals surface area contributed by atoms with Crippen molar-refractivity contribution >= 4 is 382 Å². The van der Waals surface area contributed by atoms with Gasteiger partial charge in [-0.3, -0.25) is 0 Å². The molecular formula is C18H9Br24N3O3. The highest BCUT2D eigenvalue weighted by Crippen LogP contribution is 2.70. The Hall–Kier alpha value is 9.93. The van der Waals surface area contributed by atoms with Crippen molar-refractivity contribution < 1.29 is 0 Å². The molecular weight excluding hydrogens is 2220 g/mol. The Kier molecular flexibility index (Phi) is 20.8. The van der Waals surface area contributed by atoms with E-state index in [1.165, 1.54) is 0 Å². The van der Waals surface area contributed by atoms with Crippen LogP contribution in [0.2, 0.25) is 0 Å². The first-order chi connectivity index (χ1) is 20.3. The van der Waals surface area contributed by atoms with Crippen LogP contribution < -0.4 is 17.1 Å². The first-order valence-electron chi connectivity index (χ1n) is 10.9. The van der Waals surface area contributed by atoms with Crippen molar-refractivity contribution in [2.75, 3.05) is 0 Å². The van der Waals surface area contributed by atoms with E-state index in [1.807, 2.05) is 0 Å². The van der Waals surface area contributed by atoms with Crippen molar-refractivity contribution in [3.05, 3.63) is 31.5 Å². The third kappa shape index (κ3) is 9.55. The van der Waals surface area contributed by atoms with E-state index in [0.29, 0.717) is 0 Å². The molecule has 0 aliphatic heterocycles. The van der Waals surface area contributed by atoms with Gasteiger partial charge in [-0.1, -0.05) is 287 Å². The lowest BCUT2D eigenvalue weighted by Gasteiger charge is -2.50. The fraction of sp³-hybridized carbons (Fsp3) is 0.833. The molecule has 282 valence electrons. The second-order valence-corrected chi connectivity index (χ2v) is 53.0. The summed E-state index contributed by atoms with van der Waals surface area (Å²) in [6.45, 7) is 5.28. The molecule has 6 nitrogen and oxygen atoms in total. The van der Waals surface area contributed by atoms with Gasteiger partial charge in [0.05, 0.1) is 0 Å². The average Bonchev–Trinajstić information content (AvgIpc) is 2.80. The summed E-state index contributed by atoms with van der Waals surface area (Å²) < 4.78 is -14.7. The monoisotopic (exact) mass is 2210 g/mol. The maximum atomic E-state index is 14.9. The molecule has 1 aromatic heterocycles. The fourth-order valence-corrected chi connectivity index (χ4v) is 20.0. The lowest BCUT2D eigenvalue weighted by Crippen LogP contribution is -2.71. The molecule has 0 aliphatic carbocycles. The summed E-state index contributed by atoms with van der Waals surface area (Å²) in [5.41, 5.74) is -3.34. The maximum Gasteiger partial charge on any atom is 0.340 e. The van der Waals surface area contributed by atoms with E-state index in [1.54, 1.807) is 20.8 Å². The Labute approximate surface area is 477 Å². The van der Waals surface area contributed by atoms with Gasteiger partial charge in [-0.15, -0.1) is 0 Å². The summed E-state index contributed by atoms with van der Waals surface area (Å²) in [4.78, 5) is 44.8. The quantitative estimate of drug-likeness (QED) is 0.196. The van der Waals surface area contributed by atoms with E-state index in [4.69, 9.17) is 0 Å². The van der Waals surface area contributed by atoms with Crippen LogP contribution in [-0.2, 0) is 10.1 Å². The van der Waals surface area contributed by atoms with Gasteiger partial charge in [0, 0.05) is 0 Å². The molecule has 1 rings (SSSR count). The molecule has 0 saturated heterocycles. The highest BCUT2D eigenvalue weighted by Gasteiger charge is 2.70. The zero-order valence-corrected chi connectivity index (χ0v) is 60.2. The van der Waals surface area contributed by atoms with Crippen LogP contribution in [0.5, 0.6) is 0 Å². The van der Waals surface area contributed by atoms with Crippen molar-refractivity contribution in [1.82, 2.24) is 13.7 Å². The minimum absolute atomic E-state index is 0.777. The van der Waals surface area contributed by atoms with Gasteiger partial charge in [-0.05, 0) is 116 Å². The second-order valence-electron chi connectivity index (χ2n) is 9.59. The molecule has 0 bridgehead atoms. The molecule has 0 spiro atoms. The Morgan fingerprint density at radius 3 is 0.521 bits per heavy atom. The summed E-state index contributed by atoms with van der Waals surface area (Å²) in [6.07, 6.45) is 0. The molecule has 48 heavy (non-hydrogen) atoms. The van der Waals surface area contributed by atoms with Gasteiger partial charge in [0.1, 0.15) is 19.4 Å². The molecule has 0 unspecified atom stereocenters. The minimum atomic E-state index is -1.92. The van der Waals surface area contributed by atoms with Gasteiger partial charge in [0.25, 0.3) is 0 Å². The van der Waals surface area contributed by atoms with Gasteiger partial charge in [-0.25, -0.2) is 28.1 Å². The predicted molar refractivity (Wildman–Crippen MR) is 289 cm³/mol. The van der Waals surface area contributed by atoms with Crippen molar-refractivity contribution in [3.63, 3.8) is 0 Å². The second kappa shape index (κ2) is 17.8. The number of rotatable bonds is 12. The molecule has 0 amide bonds. The topological polar surface area (TPSA) is 66.0 Å². The van der Waals surface area contributed by atoms with Crippen LogP contribution in [0.4, 0.5) is 0 Å². The highest BCUT2D eigenvalue weighted by molar-refractivity contribution is 9.36. The number of aromatic nitrogens is 3. The van der Waals surface area contributed by atoms with Gasteiger partial charge in [0.15, 0.2) is 19.8 Å². The third-order valence-electron chi connectivity index (χ3n) is 5.96. The Bertz CT molecular complexity index is 1370. The van der Waals surface area contributed by atoms with Gasteiger partial charge < -0.3 is 0 Å². The predicted octanol–water partition coefficient (Wildman–Crippen LogP) is 16.8. The molecule has 30 heteroatoms. The third-order valence-corrected chi connectivity index (χ3v) is 49.7. The summed E-state index contributed by atoms with van der Waals surface area (Å²) in [5, 5.41) is 0. The molecule has 1 aromatic rings. The number of hydrogen-bond donors (Lipinski definition) is 0. The Balaban J connectivity index is 4.90. The molecule has 0 N–H and O–H groups in total. The fourth-order valence-electron chi connectivity index (χ4n) is 3.08. The van der Waals surface area contributed by atoms with Crippen LogP contribution in [0, 0.1) is 0 Å². The molecule has 0 aromatic carbocycles.